The molecule has 0 radical (unpaired) electrons. The summed E-state index contributed by atoms with van der Waals surface area (Å²) >= 11 is 1.45. The predicted molar refractivity (Wildman–Crippen MR) is 144 cm³/mol. The lowest BCUT2D eigenvalue weighted by Gasteiger charge is -2.26. The minimum atomic E-state index is -0.952. The van der Waals surface area contributed by atoms with Crippen LogP contribution in [0.25, 0.3) is 0 Å². The molecule has 0 bridgehead atoms. The van der Waals surface area contributed by atoms with Crippen molar-refractivity contribution in [1.82, 2.24) is 4.98 Å². The normalized spacial score (nSPS) is 19.7. The van der Waals surface area contributed by atoms with Gasteiger partial charge in [-0.25, -0.2) is 0 Å². The molecule has 2 aliphatic rings. The number of rotatable bonds is 9. The monoisotopic (exact) mass is 506 g/mol. The van der Waals surface area contributed by atoms with Crippen molar-refractivity contribution in [2.75, 3.05) is 35.7 Å². The van der Waals surface area contributed by atoms with E-state index in [0.29, 0.717) is 34.4 Å². The SMILES string of the molecule is CCOOc1cccc(C(=O)/C=C/C2=NC(C)(C(=O)Nc3cnccc3N3CCC=CCC3)CS2)c1. The number of carbonyl (C=O) groups excluding carboxylic acids is 2. The van der Waals surface area contributed by atoms with E-state index in [1.165, 1.54) is 17.8 Å². The van der Waals surface area contributed by atoms with Gasteiger partial charge in [0.05, 0.1) is 29.2 Å². The molecule has 1 N–H and O–H groups in total. The maximum atomic E-state index is 13.3. The average molecular weight is 507 g/mol. The summed E-state index contributed by atoms with van der Waals surface area (Å²) in [5.74, 6) is 0.547. The highest BCUT2D eigenvalue weighted by atomic mass is 32.2. The Bertz CT molecular complexity index is 1190. The third-order valence-corrected chi connectivity index (χ3v) is 7.03. The van der Waals surface area contributed by atoms with E-state index in [2.05, 4.69) is 32.3 Å². The van der Waals surface area contributed by atoms with E-state index in [1.807, 2.05) is 13.0 Å². The van der Waals surface area contributed by atoms with Crippen LogP contribution in [0.2, 0.25) is 0 Å². The molecule has 0 spiro atoms. The fourth-order valence-corrected chi connectivity index (χ4v) is 4.92. The first-order valence-electron chi connectivity index (χ1n) is 12.0. The van der Waals surface area contributed by atoms with Gasteiger partial charge >= 0.3 is 0 Å². The maximum Gasteiger partial charge on any atom is 0.253 e. The van der Waals surface area contributed by atoms with Crippen LogP contribution in [0.3, 0.4) is 0 Å². The topological polar surface area (TPSA) is 93.1 Å². The molecule has 1 aromatic heterocycles. The average Bonchev–Trinajstić information content (AvgIpc) is 3.10. The number of ketones is 1. The van der Waals surface area contributed by atoms with Gasteiger partial charge in [-0.2, -0.15) is 4.89 Å². The number of anilines is 2. The van der Waals surface area contributed by atoms with Gasteiger partial charge in [-0.05, 0) is 57.0 Å². The predicted octanol–water partition coefficient (Wildman–Crippen LogP) is 4.85. The van der Waals surface area contributed by atoms with E-state index in [0.717, 1.165) is 31.6 Å². The Kier molecular flexibility index (Phi) is 8.56. The van der Waals surface area contributed by atoms with Crippen LogP contribution in [0.5, 0.6) is 5.75 Å². The van der Waals surface area contributed by atoms with Gasteiger partial charge in [-0.3, -0.25) is 19.6 Å². The summed E-state index contributed by atoms with van der Waals surface area (Å²) < 4.78 is 0. The van der Waals surface area contributed by atoms with E-state index >= 15 is 0 Å². The van der Waals surface area contributed by atoms with Crippen LogP contribution in [0.15, 0.2) is 72.0 Å². The first kappa shape index (κ1) is 25.7. The first-order valence-corrected chi connectivity index (χ1v) is 13.0. The summed E-state index contributed by atoms with van der Waals surface area (Å²) in [5.41, 5.74) is 1.16. The Labute approximate surface area is 215 Å². The zero-order valence-corrected chi connectivity index (χ0v) is 21.3. The highest BCUT2D eigenvalue weighted by Gasteiger charge is 2.38. The second-order valence-corrected chi connectivity index (χ2v) is 9.61. The van der Waals surface area contributed by atoms with Crippen LogP contribution in [0.1, 0.15) is 37.0 Å². The number of allylic oxidation sites excluding steroid dienone is 1. The summed E-state index contributed by atoms with van der Waals surface area (Å²) in [7, 11) is 0. The van der Waals surface area contributed by atoms with Gasteiger partial charge in [-0.1, -0.05) is 24.3 Å². The number of benzene rings is 1. The molecule has 0 aliphatic carbocycles. The molecule has 1 atom stereocenters. The molecule has 8 nitrogen and oxygen atoms in total. The number of thioether (sulfide) groups is 1. The standard InChI is InChI=1S/C27H30N4O4S/c1-3-34-35-21-10-8-9-20(17-21)24(32)11-12-25-30-27(2,19-36-25)26(33)29-22-18-28-14-13-23(22)31-15-6-4-5-7-16-31/h4-5,8-14,17-18H,3,6-7,15-16,19H2,1-2H3,(H,29,33)/b12-11+. The van der Waals surface area contributed by atoms with Crippen molar-refractivity contribution in [2.45, 2.75) is 32.2 Å². The molecule has 0 saturated carbocycles. The van der Waals surface area contributed by atoms with Crippen LogP contribution in [0.4, 0.5) is 11.4 Å². The zero-order chi connectivity index (χ0) is 25.4. The molecule has 9 heteroatoms. The summed E-state index contributed by atoms with van der Waals surface area (Å²) in [4.78, 5) is 47.1. The van der Waals surface area contributed by atoms with E-state index < -0.39 is 5.54 Å². The molecule has 36 heavy (non-hydrogen) atoms. The van der Waals surface area contributed by atoms with Crippen LogP contribution in [-0.4, -0.2) is 52.7 Å². The number of nitrogens with zero attached hydrogens (tertiary/aromatic N) is 3. The van der Waals surface area contributed by atoms with Crippen molar-refractivity contribution in [3.05, 3.63) is 72.6 Å². The number of hydrogen-bond acceptors (Lipinski definition) is 8. The van der Waals surface area contributed by atoms with E-state index in [9.17, 15) is 9.59 Å². The number of aromatic nitrogens is 1. The molecule has 2 aliphatic heterocycles. The lowest BCUT2D eigenvalue weighted by molar-refractivity contribution is -0.202. The lowest BCUT2D eigenvalue weighted by atomic mass is 10.1. The molecule has 3 heterocycles. The minimum Gasteiger partial charge on any atom is -0.369 e. The van der Waals surface area contributed by atoms with Gasteiger partial charge in [0, 0.05) is 30.6 Å². The fraction of sp³-hybridized carbons (Fsp3) is 0.333. The Morgan fingerprint density at radius 1 is 1.22 bits per heavy atom. The van der Waals surface area contributed by atoms with Crippen LogP contribution in [0, 0.1) is 0 Å². The van der Waals surface area contributed by atoms with E-state index in [4.69, 9.17) is 9.78 Å². The second kappa shape index (κ2) is 12.0. The molecule has 1 aromatic carbocycles. The summed E-state index contributed by atoms with van der Waals surface area (Å²) in [5, 5.41) is 3.68. The molecular formula is C27H30N4O4S. The Hall–Kier alpha value is -3.43. The van der Waals surface area contributed by atoms with Gasteiger partial charge in [0.25, 0.3) is 5.91 Å². The van der Waals surface area contributed by atoms with Gasteiger partial charge in [0.2, 0.25) is 0 Å². The highest BCUT2D eigenvalue weighted by molar-refractivity contribution is 8.14. The molecule has 1 unspecified atom stereocenters. The zero-order valence-electron chi connectivity index (χ0n) is 20.5. The van der Waals surface area contributed by atoms with Crippen molar-refractivity contribution >= 4 is 39.9 Å². The van der Waals surface area contributed by atoms with Crippen molar-refractivity contribution in [2.24, 2.45) is 4.99 Å². The van der Waals surface area contributed by atoms with Crippen LogP contribution < -0.4 is 15.1 Å². The summed E-state index contributed by atoms with van der Waals surface area (Å²) in [6, 6.07) is 8.71. The second-order valence-electron chi connectivity index (χ2n) is 8.61. The van der Waals surface area contributed by atoms with Crippen molar-refractivity contribution in [3.63, 3.8) is 0 Å². The third kappa shape index (κ3) is 6.41. The molecule has 0 fully saturated rings. The van der Waals surface area contributed by atoms with Gasteiger partial charge in [0.15, 0.2) is 11.5 Å². The summed E-state index contributed by atoms with van der Waals surface area (Å²) in [6.45, 7) is 5.79. The third-order valence-electron chi connectivity index (χ3n) is 5.80. The molecule has 0 saturated heterocycles. The number of amides is 1. The van der Waals surface area contributed by atoms with Crippen molar-refractivity contribution < 1.29 is 19.4 Å². The Morgan fingerprint density at radius 3 is 2.81 bits per heavy atom. The largest absolute Gasteiger partial charge is 0.369 e. The number of carbonyl (C=O) groups is 2. The maximum absolute atomic E-state index is 13.3. The van der Waals surface area contributed by atoms with E-state index in [1.54, 1.807) is 49.7 Å². The minimum absolute atomic E-state index is 0.190. The summed E-state index contributed by atoms with van der Waals surface area (Å²) in [6.07, 6.45) is 12.9. The molecular weight excluding hydrogens is 476 g/mol. The van der Waals surface area contributed by atoms with Crippen molar-refractivity contribution in [3.8, 4) is 5.75 Å². The fourth-order valence-electron chi connectivity index (χ4n) is 3.86. The lowest BCUT2D eigenvalue weighted by Crippen LogP contribution is -2.39. The Morgan fingerprint density at radius 2 is 2.03 bits per heavy atom. The van der Waals surface area contributed by atoms with Crippen molar-refractivity contribution in [1.29, 1.82) is 0 Å². The van der Waals surface area contributed by atoms with Gasteiger partial charge < -0.3 is 15.1 Å². The number of hydrogen-bond donors (Lipinski definition) is 1. The molecule has 4 rings (SSSR count). The quantitative estimate of drug-likeness (QED) is 0.171. The number of aliphatic imine (C=N–C) groups is 1. The van der Waals surface area contributed by atoms with E-state index in [-0.39, 0.29) is 11.7 Å². The number of nitrogens with one attached hydrogen (secondary N) is 1. The van der Waals surface area contributed by atoms with Gasteiger partial charge in [0.1, 0.15) is 5.54 Å². The van der Waals surface area contributed by atoms with Crippen LogP contribution in [-0.2, 0) is 9.68 Å². The van der Waals surface area contributed by atoms with Crippen LogP contribution >= 0.6 is 11.8 Å². The molecule has 2 aromatic rings. The first-order chi connectivity index (χ1) is 17.5. The molecule has 188 valence electrons. The highest BCUT2D eigenvalue weighted by Crippen LogP contribution is 2.32. The van der Waals surface area contributed by atoms with Gasteiger partial charge in [-0.15, -0.1) is 11.8 Å². The Balaban J connectivity index is 1.42. The molecule has 1 amide bonds. The number of pyridine rings is 1. The smallest absolute Gasteiger partial charge is 0.253 e.